The van der Waals surface area contributed by atoms with Crippen molar-refractivity contribution in [3.05, 3.63) is 10.1 Å². The number of rotatable bonds is 1. The van der Waals surface area contributed by atoms with E-state index in [0.29, 0.717) is 5.96 Å². The topological polar surface area (TPSA) is 83.5 Å². The van der Waals surface area contributed by atoms with Gasteiger partial charge in [-0.3, -0.25) is 15.1 Å². The van der Waals surface area contributed by atoms with Gasteiger partial charge in [0.2, 0.25) is 11.8 Å². The van der Waals surface area contributed by atoms with E-state index in [2.05, 4.69) is 15.0 Å². The number of hydrogen-bond donors (Lipinski definition) is 0. The second-order valence-corrected chi connectivity index (χ2v) is 2.90. The van der Waals surface area contributed by atoms with Crippen LogP contribution in [0.15, 0.2) is 15.0 Å². The van der Waals surface area contributed by atoms with Crippen LogP contribution in [-0.2, 0) is 0 Å². The first-order chi connectivity index (χ1) is 6.56. The Bertz CT molecular complexity index is 331. The van der Waals surface area contributed by atoms with Gasteiger partial charge in [0.15, 0.2) is 0 Å². The molecule has 0 fully saturated rings. The fourth-order valence-electron chi connectivity index (χ4n) is 0.948. The molecule has 0 bridgehead atoms. The van der Waals surface area contributed by atoms with Crippen LogP contribution in [0.25, 0.3) is 0 Å². The van der Waals surface area contributed by atoms with Crippen LogP contribution < -0.4 is 0 Å². The third-order valence-electron chi connectivity index (χ3n) is 1.67. The smallest absolute Gasteiger partial charge is 0.306 e. The molecule has 14 heavy (non-hydrogen) atoms. The van der Waals surface area contributed by atoms with Crippen molar-refractivity contribution in [2.24, 2.45) is 15.0 Å². The van der Waals surface area contributed by atoms with E-state index in [9.17, 15) is 10.1 Å². The molecule has 0 saturated heterocycles. The highest BCUT2D eigenvalue weighted by Gasteiger charge is 2.28. The number of aliphatic imine (C=N–C) groups is 3. The van der Waals surface area contributed by atoms with E-state index >= 15 is 0 Å². The van der Waals surface area contributed by atoms with Crippen molar-refractivity contribution >= 4 is 18.0 Å². The summed E-state index contributed by atoms with van der Waals surface area (Å²) >= 11 is 0. The first-order valence-electron chi connectivity index (χ1n) is 3.96. The maximum Gasteiger partial charge on any atom is 0.306 e. The van der Waals surface area contributed by atoms with E-state index in [1.54, 1.807) is 19.0 Å². The fraction of sp³-hybridized carbons (Fsp3) is 0.571. The molecule has 1 atom stereocenters. The molecule has 0 aromatic rings. The van der Waals surface area contributed by atoms with Gasteiger partial charge in [0, 0.05) is 26.1 Å². The first kappa shape index (κ1) is 10.3. The number of hydrogen-bond acceptors (Lipinski definition) is 5. The maximum atomic E-state index is 10.6. The van der Waals surface area contributed by atoms with Crippen molar-refractivity contribution in [2.45, 2.75) is 6.04 Å². The van der Waals surface area contributed by atoms with Crippen LogP contribution in [-0.4, -0.2) is 55.0 Å². The Kier molecular flexibility index (Phi) is 2.90. The molecule has 1 heterocycles. The second-order valence-electron chi connectivity index (χ2n) is 2.90. The van der Waals surface area contributed by atoms with E-state index in [0.717, 1.165) is 0 Å². The van der Waals surface area contributed by atoms with Crippen molar-refractivity contribution in [1.29, 1.82) is 0 Å². The molecule has 7 heteroatoms. The fourth-order valence-corrected chi connectivity index (χ4v) is 0.948. The molecule has 1 aliphatic rings. The van der Waals surface area contributed by atoms with Crippen LogP contribution in [0.4, 0.5) is 0 Å². The van der Waals surface area contributed by atoms with E-state index in [-0.39, 0.29) is 5.84 Å². The molecule has 0 spiro atoms. The van der Waals surface area contributed by atoms with Gasteiger partial charge in [-0.1, -0.05) is 0 Å². The zero-order valence-electron chi connectivity index (χ0n) is 8.21. The van der Waals surface area contributed by atoms with E-state index in [4.69, 9.17) is 0 Å². The van der Waals surface area contributed by atoms with Crippen molar-refractivity contribution in [3.8, 4) is 0 Å². The molecule has 0 aromatic heterocycles. The standard InChI is InChI=1S/C7H11N5O2/c1-8-6-5(12(13)14)4-9-7(10-6)11(2)3/h4-5H,1-3H3. The van der Waals surface area contributed by atoms with Crippen LogP contribution in [0.5, 0.6) is 0 Å². The molecule has 0 aromatic carbocycles. The summed E-state index contributed by atoms with van der Waals surface area (Å²) in [4.78, 5) is 23.3. The summed E-state index contributed by atoms with van der Waals surface area (Å²) in [5.41, 5.74) is 0. The van der Waals surface area contributed by atoms with Gasteiger partial charge in [-0.05, 0) is 0 Å². The summed E-state index contributed by atoms with van der Waals surface area (Å²) in [5, 5.41) is 10.6. The van der Waals surface area contributed by atoms with Crippen molar-refractivity contribution in [3.63, 3.8) is 0 Å². The zero-order chi connectivity index (χ0) is 10.7. The summed E-state index contributed by atoms with van der Waals surface area (Å²) < 4.78 is 0. The molecule has 1 rings (SSSR count). The third kappa shape index (κ3) is 1.93. The van der Waals surface area contributed by atoms with E-state index in [1.165, 1.54) is 13.3 Å². The monoisotopic (exact) mass is 197 g/mol. The average molecular weight is 197 g/mol. The van der Waals surface area contributed by atoms with E-state index < -0.39 is 11.0 Å². The van der Waals surface area contributed by atoms with Crippen LogP contribution in [0.2, 0.25) is 0 Å². The highest BCUT2D eigenvalue weighted by Crippen LogP contribution is 2.02. The minimum atomic E-state index is -1.02. The predicted octanol–water partition coefficient (Wildman–Crippen LogP) is -0.338. The number of nitro groups is 1. The molecule has 1 unspecified atom stereocenters. The Morgan fingerprint density at radius 2 is 2.29 bits per heavy atom. The molecular weight excluding hydrogens is 186 g/mol. The molecule has 0 aliphatic carbocycles. The van der Waals surface area contributed by atoms with Gasteiger partial charge in [0.25, 0.3) is 0 Å². The Hall–Kier alpha value is -1.79. The number of amidine groups is 1. The predicted molar refractivity (Wildman–Crippen MR) is 53.8 cm³/mol. The van der Waals surface area contributed by atoms with E-state index in [1.807, 2.05) is 0 Å². The Morgan fingerprint density at radius 3 is 2.71 bits per heavy atom. The third-order valence-corrected chi connectivity index (χ3v) is 1.67. The minimum absolute atomic E-state index is 0.175. The Morgan fingerprint density at radius 1 is 1.64 bits per heavy atom. The lowest BCUT2D eigenvalue weighted by Gasteiger charge is -2.15. The van der Waals surface area contributed by atoms with Crippen LogP contribution in [0, 0.1) is 10.1 Å². The number of nitrogens with zero attached hydrogens (tertiary/aromatic N) is 5. The van der Waals surface area contributed by atoms with Gasteiger partial charge in [-0.2, -0.15) is 4.99 Å². The summed E-state index contributed by atoms with van der Waals surface area (Å²) in [5.74, 6) is 0.595. The SMILES string of the molecule is CN=C1N=C(N(C)C)N=CC1[N+](=O)[O-]. The lowest BCUT2D eigenvalue weighted by molar-refractivity contribution is -0.483. The molecule has 0 radical (unpaired) electrons. The molecular formula is C7H11N5O2. The van der Waals surface area contributed by atoms with Gasteiger partial charge in [-0.25, -0.2) is 4.99 Å². The molecule has 0 amide bonds. The Labute approximate surface area is 81.0 Å². The normalized spacial score (nSPS) is 23.5. The highest BCUT2D eigenvalue weighted by molar-refractivity contribution is 6.11. The lowest BCUT2D eigenvalue weighted by atomic mass is 10.3. The summed E-state index contributed by atoms with van der Waals surface area (Å²) in [6.45, 7) is 0. The van der Waals surface area contributed by atoms with Crippen LogP contribution in [0.1, 0.15) is 0 Å². The lowest BCUT2D eigenvalue weighted by Crippen LogP contribution is -2.36. The average Bonchev–Trinajstić information content (AvgIpc) is 2.16. The summed E-state index contributed by atoms with van der Waals surface area (Å²) in [6, 6.07) is -1.02. The van der Waals surface area contributed by atoms with Crippen molar-refractivity contribution in [2.75, 3.05) is 21.1 Å². The number of guanidine groups is 1. The molecule has 1 aliphatic heterocycles. The summed E-state index contributed by atoms with van der Waals surface area (Å²) in [6.07, 6.45) is 1.24. The van der Waals surface area contributed by atoms with Gasteiger partial charge in [0.1, 0.15) is 0 Å². The van der Waals surface area contributed by atoms with Gasteiger partial charge >= 0.3 is 6.04 Å². The van der Waals surface area contributed by atoms with Crippen molar-refractivity contribution in [1.82, 2.24) is 4.90 Å². The van der Waals surface area contributed by atoms with Crippen LogP contribution in [0.3, 0.4) is 0 Å². The van der Waals surface area contributed by atoms with Gasteiger partial charge in [0.05, 0.1) is 6.21 Å². The quantitative estimate of drug-likeness (QED) is 0.426. The van der Waals surface area contributed by atoms with Gasteiger partial charge in [-0.15, -0.1) is 0 Å². The zero-order valence-corrected chi connectivity index (χ0v) is 8.21. The summed E-state index contributed by atoms with van der Waals surface area (Å²) in [7, 11) is 4.99. The van der Waals surface area contributed by atoms with Crippen LogP contribution >= 0.6 is 0 Å². The molecule has 0 saturated carbocycles. The van der Waals surface area contributed by atoms with Gasteiger partial charge < -0.3 is 4.90 Å². The Balaban J connectivity index is 2.97. The largest absolute Gasteiger partial charge is 0.347 e. The van der Waals surface area contributed by atoms with Crippen molar-refractivity contribution < 1.29 is 4.92 Å². The highest BCUT2D eigenvalue weighted by atomic mass is 16.6. The molecule has 76 valence electrons. The maximum absolute atomic E-state index is 10.6. The second kappa shape index (κ2) is 3.95. The minimum Gasteiger partial charge on any atom is -0.347 e. The first-order valence-corrected chi connectivity index (χ1v) is 3.96. The molecule has 0 N–H and O–H groups in total. The molecule has 7 nitrogen and oxygen atoms in total.